The van der Waals surface area contributed by atoms with E-state index in [1.165, 1.54) is 7.11 Å². The first-order valence-electron chi connectivity index (χ1n) is 5.56. The van der Waals surface area contributed by atoms with E-state index in [1.807, 2.05) is 0 Å². The van der Waals surface area contributed by atoms with Gasteiger partial charge in [-0.1, -0.05) is 6.07 Å². The van der Waals surface area contributed by atoms with Crippen LogP contribution in [0.1, 0.15) is 5.56 Å². The van der Waals surface area contributed by atoms with Gasteiger partial charge in [-0.3, -0.25) is 0 Å². The second-order valence-electron chi connectivity index (χ2n) is 3.65. The first kappa shape index (κ1) is 14.7. The molecular weight excluding hydrogens is 244 g/mol. The van der Waals surface area contributed by atoms with E-state index in [1.54, 1.807) is 18.2 Å². The van der Waals surface area contributed by atoms with E-state index < -0.39 is 13.0 Å². The highest BCUT2D eigenvalue weighted by Crippen LogP contribution is 2.25. The Bertz CT molecular complexity index is 361. The van der Waals surface area contributed by atoms with Gasteiger partial charge in [-0.25, -0.2) is 8.78 Å². The molecule has 1 aromatic carbocycles. The highest BCUT2D eigenvalue weighted by Gasteiger charge is 2.03. The van der Waals surface area contributed by atoms with Crippen LogP contribution in [0.15, 0.2) is 18.2 Å². The predicted octanol–water partition coefficient (Wildman–Crippen LogP) is 1.77. The van der Waals surface area contributed by atoms with Gasteiger partial charge < -0.3 is 19.9 Å². The lowest BCUT2D eigenvalue weighted by Gasteiger charge is -2.08. The molecule has 0 bridgehead atoms. The minimum absolute atomic E-state index is 0.0847. The molecule has 0 fully saturated rings. The largest absolute Gasteiger partial charge is 0.504 e. The van der Waals surface area contributed by atoms with Gasteiger partial charge in [-0.2, -0.15) is 0 Å². The number of aromatic hydroxyl groups is 1. The number of hydrogen-bond donors (Lipinski definition) is 2. The molecule has 0 saturated heterocycles. The molecule has 0 aromatic heterocycles. The van der Waals surface area contributed by atoms with Crippen molar-refractivity contribution in [2.75, 3.05) is 26.9 Å². The highest BCUT2D eigenvalue weighted by atomic mass is 19.3. The SMILES string of the molecule is COc1cc(CNCCOCC(F)F)ccc1O. The minimum atomic E-state index is -2.42. The number of ether oxygens (including phenoxy) is 2. The van der Waals surface area contributed by atoms with Gasteiger partial charge >= 0.3 is 0 Å². The molecule has 1 rings (SSSR count). The fourth-order valence-corrected chi connectivity index (χ4v) is 1.38. The van der Waals surface area contributed by atoms with Crippen LogP contribution in [0.5, 0.6) is 11.5 Å². The highest BCUT2D eigenvalue weighted by molar-refractivity contribution is 5.41. The Morgan fingerprint density at radius 3 is 2.83 bits per heavy atom. The summed E-state index contributed by atoms with van der Waals surface area (Å²) in [5, 5.41) is 12.4. The van der Waals surface area contributed by atoms with Crippen LogP contribution in [0, 0.1) is 0 Å². The van der Waals surface area contributed by atoms with Gasteiger partial charge in [-0.15, -0.1) is 0 Å². The van der Waals surface area contributed by atoms with E-state index in [4.69, 9.17) is 9.47 Å². The van der Waals surface area contributed by atoms with Crippen molar-refractivity contribution in [3.05, 3.63) is 23.8 Å². The lowest BCUT2D eigenvalue weighted by Crippen LogP contribution is -2.20. The molecule has 0 unspecified atom stereocenters. The van der Waals surface area contributed by atoms with Crippen molar-refractivity contribution in [2.24, 2.45) is 0 Å². The average molecular weight is 261 g/mol. The third-order valence-corrected chi connectivity index (χ3v) is 2.24. The second-order valence-corrected chi connectivity index (χ2v) is 3.65. The zero-order chi connectivity index (χ0) is 13.4. The van der Waals surface area contributed by atoms with Gasteiger partial charge in [-0.05, 0) is 17.7 Å². The van der Waals surface area contributed by atoms with Crippen LogP contribution in [-0.4, -0.2) is 38.4 Å². The maximum atomic E-state index is 11.7. The van der Waals surface area contributed by atoms with E-state index in [9.17, 15) is 13.9 Å². The van der Waals surface area contributed by atoms with Crippen molar-refractivity contribution in [3.8, 4) is 11.5 Å². The molecule has 4 nitrogen and oxygen atoms in total. The van der Waals surface area contributed by atoms with Gasteiger partial charge in [0, 0.05) is 13.1 Å². The molecule has 1 aromatic rings. The number of nitrogens with one attached hydrogen (secondary N) is 1. The monoisotopic (exact) mass is 261 g/mol. The standard InChI is InChI=1S/C12H17F2NO3/c1-17-11-6-9(2-3-10(11)16)7-15-4-5-18-8-12(13)14/h2-3,6,12,15-16H,4-5,7-8H2,1H3. The summed E-state index contributed by atoms with van der Waals surface area (Å²) in [6.45, 7) is 0.735. The lowest BCUT2D eigenvalue weighted by atomic mass is 10.2. The van der Waals surface area contributed by atoms with Gasteiger partial charge in [0.15, 0.2) is 11.5 Å². The molecule has 0 saturated carbocycles. The molecule has 6 heteroatoms. The van der Waals surface area contributed by atoms with Crippen molar-refractivity contribution in [2.45, 2.75) is 13.0 Å². The summed E-state index contributed by atoms with van der Waals surface area (Å²) >= 11 is 0. The topological polar surface area (TPSA) is 50.7 Å². The summed E-state index contributed by atoms with van der Waals surface area (Å²) < 4.78 is 33.2. The predicted molar refractivity (Wildman–Crippen MR) is 63.2 cm³/mol. The van der Waals surface area contributed by atoms with E-state index in [-0.39, 0.29) is 12.4 Å². The third kappa shape index (κ3) is 5.29. The lowest BCUT2D eigenvalue weighted by molar-refractivity contribution is 0.0187. The van der Waals surface area contributed by atoms with Crippen LogP contribution < -0.4 is 10.1 Å². The summed E-state index contributed by atoms with van der Waals surface area (Å²) in [5.41, 5.74) is 0.929. The van der Waals surface area contributed by atoms with Crippen molar-refractivity contribution in [1.29, 1.82) is 0 Å². The molecule has 0 spiro atoms. The molecule has 2 N–H and O–H groups in total. The van der Waals surface area contributed by atoms with E-state index in [0.717, 1.165) is 5.56 Å². The van der Waals surface area contributed by atoms with Crippen LogP contribution >= 0.6 is 0 Å². The van der Waals surface area contributed by atoms with E-state index in [0.29, 0.717) is 18.8 Å². The maximum Gasteiger partial charge on any atom is 0.261 e. The molecule has 18 heavy (non-hydrogen) atoms. The third-order valence-electron chi connectivity index (χ3n) is 2.24. The smallest absolute Gasteiger partial charge is 0.261 e. The first-order valence-corrected chi connectivity index (χ1v) is 5.56. The van der Waals surface area contributed by atoms with Crippen LogP contribution in [0.3, 0.4) is 0 Å². The number of hydrogen-bond acceptors (Lipinski definition) is 4. The Balaban J connectivity index is 2.23. The van der Waals surface area contributed by atoms with Crippen LogP contribution in [0.4, 0.5) is 8.78 Å². The van der Waals surface area contributed by atoms with Crippen molar-refractivity contribution in [3.63, 3.8) is 0 Å². The van der Waals surface area contributed by atoms with Gasteiger partial charge in [0.2, 0.25) is 0 Å². The van der Waals surface area contributed by atoms with Crippen LogP contribution in [0.25, 0.3) is 0 Å². The summed E-state index contributed by atoms with van der Waals surface area (Å²) in [6.07, 6.45) is -2.42. The quantitative estimate of drug-likeness (QED) is 0.700. The number of methoxy groups -OCH3 is 1. The molecule has 0 aliphatic rings. The Labute approximate surface area is 105 Å². The summed E-state index contributed by atoms with van der Waals surface area (Å²) in [4.78, 5) is 0. The van der Waals surface area contributed by atoms with Gasteiger partial charge in [0.25, 0.3) is 6.43 Å². The van der Waals surface area contributed by atoms with Crippen molar-refractivity contribution in [1.82, 2.24) is 5.32 Å². The zero-order valence-electron chi connectivity index (χ0n) is 10.2. The van der Waals surface area contributed by atoms with Crippen LogP contribution in [0.2, 0.25) is 0 Å². The fraction of sp³-hybridized carbons (Fsp3) is 0.500. The van der Waals surface area contributed by atoms with Gasteiger partial charge in [0.1, 0.15) is 6.61 Å². The van der Waals surface area contributed by atoms with E-state index >= 15 is 0 Å². The number of benzene rings is 1. The molecule has 0 radical (unpaired) electrons. The van der Waals surface area contributed by atoms with Gasteiger partial charge in [0.05, 0.1) is 13.7 Å². The first-order chi connectivity index (χ1) is 8.63. The normalized spacial score (nSPS) is 10.9. The molecule has 0 aliphatic heterocycles. The Morgan fingerprint density at radius 2 is 2.17 bits per heavy atom. The average Bonchev–Trinajstić information content (AvgIpc) is 2.35. The maximum absolute atomic E-state index is 11.7. The number of phenols is 1. The number of rotatable bonds is 8. The molecule has 102 valence electrons. The molecule has 0 atom stereocenters. The number of halogens is 2. The molecule has 0 heterocycles. The Hall–Kier alpha value is -1.40. The minimum Gasteiger partial charge on any atom is -0.504 e. The van der Waals surface area contributed by atoms with Crippen molar-refractivity contribution < 1.29 is 23.4 Å². The Kier molecular flexibility index (Phi) is 6.38. The molecule has 0 amide bonds. The van der Waals surface area contributed by atoms with E-state index in [2.05, 4.69) is 5.32 Å². The fourth-order valence-electron chi connectivity index (χ4n) is 1.38. The Morgan fingerprint density at radius 1 is 1.39 bits per heavy atom. The summed E-state index contributed by atoms with van der Waals surface area (Å²) in [5.74, 6) is 0.491. The number of alkyl halides is 2. The molecular formula is C12H17F2NO3. The summed E-state index contributed by atoms with van der Waals surface area (Å²) in [6, 6.07) is 5.01. The van der Waals surface area contributed by atoms with Crippen molar-refractivity contribution >= 4 is 0 Å². The van der Waals surface area contributed by atoms with Crippen LogP contribution in [-0.2, 0) is 11.3 Å². The molecule has 0 aliphatic carbocycles. The zero-order valence-corrected chi connectivity index (χ0v) is 10.2. The number of phenolic OH excluding ortho intramolecular Hbond substituents is 1. The second kappa shape index (κ2) is 7.84. The summed E-state index contributed by atoms with van der Waals surface area (Å²) in [7, 11) is 1.48.